The summed E-state index contributed by atoms with van der Waals surface area (Å²) in [7, 11) is 0. The number of urea groups is 1. The summed E-state index contributed by atoms with van der Waals surface area (Å²) < 4.78 is 11.1. The largest absolute Gasteiger partial charge is 0.449 e. The van der Waals surface area contributed by atoms with Crippen LogP contribution in [0.4, 0.5) is 4.79 Å². The van der Waals surface area contributed by atoms with Crippen molar-refractivity contribution in [2.75, 3.05) is 0 Å². The second-order valence-corrected chi connectivity index (χ2v) is 7.33. The number of furan rings is 1. The lowest BCUT2D eigenvalue weighted by atomic mass is 9.93. The number of amides is 3. The summed E-state index contributed by atoms with van der Waals surface area (Å²) in [5.74, 6) is -0.290. The van der Waals surface area contributed by atoms with Gasteiger partial charge in [0.25, 0.3) is 5.91 Å². The van der Waals surface area contributed by atoms with Crippen LogP contribution >= 0.6 is 0 Å². The number of ether oxygens (including phenoxy) is 1. The van der Waals surface area contributed by atoms with E-state index in [4.69, 9.17) is 9.15 Å². The van der Waals surface area contributed by atoms with Crippen LogP contribution in [0.2, 0.25) is 0 Å². The molecule has 1 atom stereocenters. The van der Waals surface area contributed by atoms with Gasteiger partial charge in [-0.25, -0.2) is 9.59 Å². The molecule has 0 aliphatic carbocycles. The molecule has 0 saturated carbocycles. The van der Waals surface area contributed by atoms with Crippen molar-refractivity contribution in [3.63, 3.8) is 0 Å². The highest BCUT2D eigenvalue weighted by Gasteiger charge is 2.41. The third-order valence-electron chi connectivity index (χ3n) is 5.19. The lowest BCUT2D eigenvalue weighted by Crippen LogP contribution is -2.43. The Morgan fingerprint density at radius 2 is 1.83 bits per heavy atom. The molecule has 0 unspecified atom stereocenters. The van der Waals surface area contributed by atoms with Crippen LogP contribution in [-0.4, -0.2) is 23.4 Å². The zero-order chi connectivity index (χ0) is 20.6. The van der Waals surface area contributed by atoms with Gasteiger partial charge in [-0.05, 0) is 50.5 Å². The summed E-state index contributed by atoms with van der Waals surface area (Å²) >= 11 is 0. The summed E-state index contributed by atoms with van der Waals surface area (Å²) in [6.45, 7) is 3.52. The minimum Gasteiger partial charge on any atom is -0.449 e. The Bertz CT molecular complexity index is 1120. The molecule has 1 fully saturated rings. The zero-order valence-corrected chi connectivity index (χ0v) is 16.1. The number of carbonyl (C=O) groups excluding carboxylic acids is 3. The van der Waals surface area contributed by atoms with Gasteiger partial charge in [0.2, 0.25) is 5.76 Å². The van der Waals surface area contributed by atoms with Gasteiger partial charge in [0, 0.05) is 10.9 Å². The normalized spacial score (nSPS) is 18.6. The first kappa shape index (κ1) is 18.7. The number of rotatable bonds is 5. The number of imide groups is 1. The number of esters is 1. The van der Waals surface area contributed by atoms with Crippen molar-refractivity contribution in [2.24, 2.45) is 0 Å². The van der Waals surface area contributed by atoms with Crippen LogP contribution in [-0.2, 0) is 11.2 Å². The van der Waals surface area contributed by atoms with Crippen LogP contribution in [0, 0.1) is 6.92 Å². The first-order valence-corrected chi connectivity index (χ1v) is 9.28. The minimum atomic E-state index is -0.916. The molecular weight excluding hydrogens is 372 g/mol. The fourth-order valence-corrected chi connectivity index (χ4v) is 3.40. The predicted molar refractivity (Wildman–Crippen MR) is 106 cm³/mol. The molecule has 7 nitrogen and oxygen atoms in total. The molecule has 2 aromatic carbocycles. The smallest absolute Gasteiger partial charge is 0.379 e. The first-order valence-electron chi connectivity index (χ1n) is 9.28. The van der Waals surface area contributed by atoms with Crippen LogP contribution in [0.1, 0.15) is 35.0 Å². The minimum absolute atomic E-state index is 0.186. The van der Waals surface area contributed by atoms with Gasteiger partial charge in [-0.15, -0.1) is 0 Å². The molecule has 3 aromatic rings. The predicted octanol–water partition coefficient (Wildman–Crippen LogP) is 3.49. The lowest BCUT2D eigenvalue weighted by molar-refractivity contribution is -0.123. The van der Waals surface area contributed by atoms with Gasteiger partial charge in [0.15, 0.2) is 0 Å². The molecule has 1 aliphatic heterocycles. The summed E-state index contributed by atoms with van der Waals surface area (Å²) in [5, 5.41) is 5.77. The zero-order valence-electron chi connectivity index (χ0n) is 16.1. The van der Waals surface area contributed by atoms with E-state index in [0.29, 0.717) is 24.2 Å². The SMILES string of the molecule is Cc1c(C(=O)Oc2ccc(CC[C@]3(C)NC(=O)NC3=O)cc2)oc2ccccc12. The average Bonchev–Trinajstić information content (AvgIpc) is 3.17. The van der Waals surface area contributed by atoms with Gasteiger partial charge >= 0.3 is 12.0 Å². The molecule has 0 bridgehead atoms. The average molecular weight is 392 g/mol. The fraction of sp³-hybridized carbons (Fsp3) is 0.227. The van der Waals surface area contributed by atoms with Gasteiger partial charge in [-0.3, -0.25) is 10.1 Å². The maximum Gasteiger partial charge on any atom is 0.379 e. The van der Waals surface area contributed by atoms with E-state index in [0.717, 1.165) is 16.5 Å². The topological polar surface area (TPSA) is 97.6 Å². The highest BCUT2D eigenvalue weighted by molar-refractivity contribution is 6.06. The summed E-state index contributed by atoms with van der Waals surface area (Å²) in [6, 6.07) is 14.0. The highest BCUT2D eigenvalue weighted by Crippen LogP contribution is 2.26. The van der Waals surface area contributed by atoms with Gasteiger partial charge in [-0.2, -0.15) is 0 Å². The Morgan fingerprint density at radius 1 is 1.10 bits per heavy atom. The fourth-order valence-electron chi connectivity index (χ4n) is 3.40. The number of benzene rings is 2. The maximum absolute atomic E-state index is 12.5. The monoisotopic (exact) mass is 392 g/mol. The highest BCUT2D eigenvalue weighted by atomic mass is 16.5. The molecule has 1 saturated heterocycles. The summed E-state index contributed by atoms with van der Waals surface area (Å²) in [6.07, 6.45) is 1.04. The Labute approximate surface area is 167 Å². The Morgan fingerprint density at radius 3 is 2.48 bits per heavy atom. The van der Waals surface area contributed by atoms with E-state index in [1.165, 1.54) is 0 Å². The molecule has 29 heavy (non-hydrogen) atoms. The molecule has 0 radical (unpaired) electrons. The third kappa shape index (κ3) is 3.59. The number of hydrogen-bond acceptors (Lipinski definition) is 5. The lowest BCUT2D eigenvalue weighted by Gasteiger charge is -2.20. The molecule has 3 amide bonds. The second kappa shape index (κ2) is 7.09. The van der Waals surface area contributed by atoms with Gasteiger partial charge in [0.05, 0.1) is 0 Å². The van der Waals surface area contributed by atoms with E-state index in [1.54, 1.807) is 25.1 Å². The number of para-hydroxylation sites is 1. The molecule has 2 N–H and O–H groups in total. The first-order chi connectivity index (χ1) is 13.9. The van der Waals surface area contributed by atoms with Crippen LogP contribution in [0.3, 0.4) is 0 Å². The van der Waals surface area contributed by atoms with E-state index in [1.807, 2.05) is 37.3 Å². The quantitative estimate of drug-likeness (QED) is 0.394. The van der Waals surface area contributed by atoms with Gasteiger partial charge in [-0.1, -0.05) is 30.3 Å². The van der Waals surface area contributed by atoms with Crippen LogP contribution in [0.25, 0.3) is 11.0 Å². The standard InChI is InChI=1S/C22H20N2O5/c1-13-16-5-3-4-6-17(16)29-18(13)19(25)28-15-9-7-14(8-10-15)11-12-22(2)20(26)23-21(27)24-22/h3-10H,11-12H2,1-2H3,(H2,23,24,26,27)/t22-/m0/s1. The molecule has 2 heterocycles. The number of nitrogens with one attached hydrogen (secondary N) is 2. The van der Waals surface area contributed by atoms with Crippen molar-refractivity contribution >= 4 is 28.9 Å². The maximum atomic E-state index is 12.5. The van der Waals surface area contributed by atoms with Gasteiger partial charge in [0.1, 0.15) is 16.9 Å². The van der Waals surface area contributed by atoms with Crippen molar-refractivity contribution < 1.29 is 23.5 Å². The van der Waals surface area contributed by atoms with E-state index in [9.17, 15) is 14.4 Å². The molecule has 1 aromatic heterocycles. The Balaban J connectivity index is 1.41. The number of fused-ring (bicyclic) bond motifs is 1. The van der Waals surface area contributed by atoms with Crippen molar-refractivity contribution in [3.05, 3.63) is 65.4 Å². The van der Waals surface area contributed by atoms with Crippen LogP contribution in [0.5, 0.6) is 5.75 Å². The van der Waals surface area contributed by atoms with E-state index in [-0.39, 0.29) is 11.7 Å². The van der Waals surface area contributed by atoms with Crippen LogP contribution in [0.15, 0.2) is 52.9 Å². The number of aryl methyl sites for hydroxylation is 2. The van der Waals surface area contributed by atoms with E-state index < -0.39 is 17.5 Å². The summed E-state index contributed by atoms with van der Waals surface area (Å²) in [5.41, 5.74) is 1.43. The molecular formula is C22H20N2O5. The van der Waals surface area contributed by atoms with Crippen molar-refractivity contribution in [1.82, 2.24) is 10.6 Å². The van der Waals surface area contributed by atoms with E-state index in [2.05, 4.69) is 10.6 Å². The Kier molecular flexibility index (Phi) is 4.58. The van der Waals surface area contributed by atoms with E-state index >= 15 is 0 Å². The molecule has 148 valence electrons. The number of carbonyl (C=O) groups is 3. The number of hydrogen-bond donors (Lipinski definition) is 2. The molecule has 7 heteroatoms. The summed E-state index contributed by atoms with van der Waals surface area (Å²) in [4.78, 5) is 35.7. The molecule has 0 spiro atoms. The van der Waals surface area contributed by atoms with Crippen molar-refractivity contribution in [3.8, 4) is 5.75 Å². The second-order valence-electron chi connectivity index (χ2n) is 7.33. The van der Waals surface area contributed by atoms with Gasteiger partial charge < -0.3 is 14.5 Å². The van der Waals surface area contributed by atoms with Crippen molar-refractivity contribution in [2.45, 2.75) is 32.2 Å². The van der Waals surface area contributed by atoms with Crippen molar-refractivity contribution in [1.29, 1.82) is 0 Å². The molecule has 4 rings (SSSR count). The third-order valence-corrected chi connectivity index (χ3v) is 5.19. The molecule has 1 aliphatic rings. The Hall–Kier alpha value is -3.61. The van der Waals surface area contributed by atoms with Crippen LogP contribution < -0.4 is 15.4 Å².